The lowest BCUT2D eigenvalue weighted by Crippen LogP contribution is -2.11. The van der Waals surface area contributed by atoms with Gasteiger partial charge in [0, 0.05) is 27.1 Å². The van der Waals surface area contributed by atoms with Crippen molar-refractivity contribution in [1.82, 2.24) is 9.13 Å². The lowest BCUT2D eigenvalue weighted by molar-refractivity contribution is -0.143. The van der Waals surface area contributed by atoms with Crippen LogP contribution < -0.4 is 0 Å². The molecule has 370 valence electrons. The molecule has 0 radical (unpaired) electrons. The van der Waals surface area contributed by atoms with Gasteiger partial charge in [-0.25, -0.2) is 0 Å². The summed E-state index contributed by atoms with van der Waals surface area (Å²) in [5.41, 5.74) is 12.8. The van der Waals surface area contributed by atoms with E-state index in [1.807, 2.05) is 89.5 Å². The number of nitrogens with zero attached hydrogens (tertiary/aromatic N) is 3. The van der Waals surface area contributed by atoms with Crippen molar-refractivity contribution in [3.05, 3.63) is 239 Å². The zero-order valence-corrected chi connectivity index (χ0v) is 41.7. The molecule has 12 aromatic rings. The standard InChI is InChI=1S/C67H45F6N3/c1-39-13-5-9-17-51(39)43-21-25-60-56(31-43)57-32-44(52-18-10-6-14-40(52)2)22-26-61(57)75(60)64-35-48(38-74)55(47-29-49(66(68,69)70)36-50(30-47)67(71,72)73)37-65(64)76-62-27-23-45(53-19-11-7-15-41(53)3)33-58(62)59-34-46(24-28-63(59)76)54-20-12-8-16-42(54)4/h5-37H,1-4H3. The number of fused-ring (bicyclic) bond motifs is 6. The van der Waals surface area contributed by atoms with Crippen LogP contribution in [-0.4, -0.2) is 9.13 Å². The van der Waals surface area contributed by atoms with E-state index in [9.17, 15) is 31.6 Å². The van der Waals surface area contributed by atoms with Gasteiger partial charge < -0.3 is 9.13 Å². The number of hydrogen-bond acceptors (Lipinski definition) is 1. The predicted octanol–water partition coefficient (Wildman–Crippen LogP) is 19.4. The average molecular weight is 1010 g/mol. The van der Waals surface area contributed by atoms with Crippen molar-refractivity contribution in [2.75, 3.05) is 0 Å². The first-order valence-electron chi connectivity index (χ1n) is 24.8. The molecule has 2 aromatic heterocycles. The molecular formula is C67H45F6N3. The smallest absolute Gasteiger partial charge is 0.307 e. The Morgan fingerprint density at radius 1 is 0.329 bits per heavy atom. The fraction of sp³-hybridized carbons (Fsp3) is 0.0896. The molecule has 12 rings (SSSR count). The molecule has 0 atom stereocenters. The van der Waals surface area contributed by atoms with Gasteiger partial charge in [0.25, 0.3) is 0 Å². The lowest BCUT2D eigenvalue weighted by Gasteiger charge is -2.21. The molecule has 0 bridgehead atoms. The minimum atomic E-state index is -5.13. The monoisotopic (exact) mass is 1010 g/mol. The van der Waals surface area contributed by atoms with E-state index in [0.29, 0.717) is 23.5 Å². The first-order chi connectivity index (χ1) is 36.5. The Labute approximate surface area is 434 Å². The molecule has 2 heterocycles. The van der Waals surface area contributed by atoms with Crippen LogP contribution in [0.2, 0.25) is 0 Å². The van der Waals surface area contributed by atoms with Crippen LogP contribution in [0.4, 0.5) is 26.3 Å². The second-order valence-electron chi connectivity index (χ2n) is 19.7. The molecule has 76 heavy (non-hydrogen) atoms. The van der Waals surface area contributed by atoms with Gasteiger partial charge >= 0.3 is 12.4 Å². The van der Waals surface area contributed by atoms with E-state index in [2.05, 4.69) is 123 Å². The summed E-state index contributed by atoms with van der Waals surface area (Å²) in [6, 6.07) is 64.4. The molecule has 0 aliphatic carbocycles. The summed E-state index contributed by atoms with van der Waals surface area (Å²) in [5.74, 6) is 0. The van der Waals surface area contributed by atoms with Crippen molar-refractivity contribution in [2.45, 2.75) is 40.0 Å². The Bertz CT molecular complexity index is 4150. The van der Waals surface area contributed by atoms with Gasteiger partial charge in [-0.2, -0.15) is 31.6 Å². The number of hydrogen-bond donors (Lipinski definition) is 0. The number of nitriles is 1. The molecule has 10 aromatic carbocycles. The summed E-state index contributed by atoms with van der Waals surface area (Å²) in [5, 5.41) is 14.7. The highest BCUT2D eigenvalue weighted by Gasteiger charge is 2.37. The van der Waals surface area contributed by atoms with E-state index >= 15 is 0 Å². The van der Waals surface area contributed by atoms with Crippen LogP contribution >= 0.6 is 0 Å². The van der Waals surface area contributed by atoms with E-state index in [1.54, 1.807) is 12.1 Å². The molecule has 0 unspecified atom stereocenters. The molecule has 0 aliphatic rings. The SMILES string of the molecule is Cc1ccccc1-c1ccc2c(c1)c1cc(-c3ccccc3C)ccc1n2-c1cc(C#N)c(-c2cc(C(F)(F)F)cc(C(F)(F)F)c2)cc1-n1c2ccc(-c3ccccc3C)cc2c2cc(-c3ccccc3C)ccc21. The van der Waals surface area contributed by atoms with Gasteiger partial charge in [-0.05, 0) is 179 Å². The third-order valence-electron chi connectivity index (χ3n) is 15.0. The van der Waals surface area contributed by atoms with Gasteiger partial charge in [-0.15, -0.1) is 0 Å². The first kappa shape index (κ1) is 47.8. The van der Waals surface area contributed by atoms with Crippen LogP contribution in [0.5, 0.6) is 0 Å². The van der Waals surface area contributed by atoms with E-state index in [-0.39, 0.29) is 17.2 Å². The van der Waals surface area contributed by atoms with Crippen LogP contribution in [0.3, 0.4) is 0 Å². The molecule has 0 N–H and O–H groups in total. The topological polar surface area (TPSA) is 33.6 Å². The van der Waals surface area contributed by atoms with Crippen molar-refractivity contribution in [3.63, 3.8) is 0 Å². The fourth-order valence-corrected chi connectivity index (χ4v) is 11.2. The van der Waals surface area contributed by atoms with E-state index in [1.165, 1.54) is 0 Å². The van der Waals surface area contributed by atoms with Gasteiger partial charge in [0.1, 0.15) is 0 Å². The van der Waals surface area contributed by atoms with Crippen LogP contribution in [0, 0.1) is 39.0 Å². The Hall–Kier alpha value is -9.13. The summed E-state index contributed by atoms with van der Waals surface area (Å²) < 4.78 is 92.1. The Morgan fingerprint density at radius 2 is 0.632 bits per heavy atom. The first-order valence-corrected chi connectivity index (χ1v) is 24.8. The molecule has 0 saturated heterocycles. The number of halogens is 6. The van der Waals surface area contributed by atoms with E-state index < -0.39 is 29.0 Å². The largest absolute Gasteiger partial charge is 0.416 e. The second-order valence-corrected chi connectivity index (χ2v) is 19.7. The van der Waals surface area contributed by atoms with Crippen molar-refractivity contribution in [2.24, 2.45) is 0 Å². The third-order valence-corrected chi connectivity index (χ3v) is 15.0. The summed E-state index contributed by atoms with van der Waals surface area (Å²) in [4.78, 5) is 0. The minimum absolute atomic E-state index is 0.0923. The van der Waals surface area contributed by atoms with Crippen molar-refractivity contribution in [3.8, 4) is 73.1 Å². The highest BCUT2D eigenvalue weighted by atomic mass is 19.4. The third kappa shape index (κ3) is 8.09. The van der Waals surface area contributed by atoms with Gasteiger partial charge in [0.2, 0.25) is 0 Å². The van der Waals surface area contributed by atoms with Crippen molar-refractivity contribution >= 4 is 43.6 Å². The number of aryl methyl sites for hydroxylation is 4. The summed E-state index contributed by atoms with van der Waals surface area (Å²) in [7, 11) is 0. The summed E-state index contributed by atoms with van der Waals surface area (Å²) >= 11 is 0. The maximum absolute atomic E-state index is 14.7. The summed E-state index contributed by atoms with van der Waals surface area (Å²) in [6.45, 7) is 8.25. The molecule has 0 amide bonds. The highest BCUT2D eigenvalue weighted by molar-refractivity contribution is 6.14. The fourth-order valence-electron chi connectivity index (χ4n) is 11.2. The molecule has 0 saturated carbocycles. The predicted molar refractivity (Wildman–Crippen MR) is 296 cm³/mol. The molecule has 0 aliphatic heterocycles. The van der Waals surface area contributed by atoms with Crippen LogP contribution in [0.25, 0.3) is 111 Å². The minimum Gasteiger partial charge on any atom is -0.307 e. The number of alkyl halides is 6. The molecule has 3 nitrogen and oxygen atoms in total. The van der Waals surface area contributed by atoms with Crippen LogP contribution in [-0.2, 0) is 12.4 Å². The van der Waals surface area contributed by atoms with E-state index in [4.69, 9.17) is 0 Å². The Morgan fingerprint density at radius 3 is 0.921 bits per heavy atom. The van der Waals surface area contributed by atoms with Crippen molar-refractivity contribution in [1.29, 1.82) is 5.26 Å². The van der Waals surface area contributed by atoms with Crippen LogP contribution in [0.1, 0.15) is 38.9 Å². The highest BCUT2D eigenvalue weighted by Crippen LogP contribution is 2.46. The van der Waals surface area contributed by atoms with Gasteiger partial charge in [-0.1, -0.05) is 121 Å². The van der Waals surface area contributed by atoms with Gasteiger partial charge in [0.15, 0.2) is 0 Å². The Kier molecular flexibility index (Phi) is 11.4. The van der Waals surface area contributed by atoms with E-state index in [0.717, 1.165) is 110 Å². The average Bonchev–Trinajstić information content (AvgIpc) is 3.91. The lowest BCUT2D eigenvalue weighted by atomic mass is 9.94. The number of benzene rings is 10. The van der Waals surface area contributed by atoms with Gasteiger partial charge in [0.05, 0.1) is 56.2 Å². The molecule has 0 spiro atoms. The zero-order valence-electron chi connectivity index (χ0n) is 41.7. The van der Waals surface area contributed by atoms with Gasteiger partial charge in [-0.3, -0.25) is 0 Å². The molecule has 9 heteroatoms. The van der Waals surface area contributed by atoms with Crippen LogP contribution in [0.15, 0.2) is 200 Å². The number of rotatable bonds is 7. The Balaban J connectivity index is 1.23. The molecule has 0 fully saturated rings. The molecular weight excluding hydrogens is 961 g/mol. The number of aromatic nitrogens is 2. The summed E-state index contributed by atoms with van der Waals surface area (Å²) in [6.07, 6.45) is -10.3. The quantitative estimate of drug-likeness (QED) is 0.147. The normalized spacial score (nSPS) is 12.1. The van der Waals surface area contributed by atoms with Crippen molar-refractivity contribution < 1.29 is 26.3 Å². The zero-order chi connectivity index (χ0) is 52.8. The maximum Gasteiger partial charge on any atom is 0.416 e. The maximum atomic E-state index is 14.7. The second kappa shape index (κ2) is 18.1.